The molecule has 0 saturated carbocycles. The smallest absolute Gasteiger partial charge is 0.359 e. The molecule has 0 amide bonds. The minimum absolute atomic E-state index is 0.0882. The van der Waals surface area contributed by atoms with Crippen molar-refractivity contribution in [2.45, 2.75) is 20.0 Å². The van der Waals surface area contributed by atoms with E-state index in [-0.39, 0.29) is 31.3 Å². The zero-order chi connectivity index (χ0) is 17.9. The van der Waals surface area contributed by atoms with Crippen molar-refractivity contribution in [2.75, 3.05) is 19.8 Å². The Morgan fingerprint density at radius 1 is 1.08 bits per heavy atom. The lowest BCUT2D eigenvalue weighted by Crippen LogP contribution is -2.38. The van der Waals surface area contributed by atoms with Crippen molar-refractivity contribution in [2.24, 2.45) is 5.11 Å². The molecular weight excluding hydrogens is 318 g/mol. The van der Waals surface area contributed by atoms with Crippen LogP contribution in [0.25, 0.3) is 10.4 Å². The highest BCUT2D eigenvalue weighted by Gasteiger charge is 2.31. The minimum atomic E-state index is -1.55. The van der Waals surface area contributed by atoms with Gasteiger partial charge in [-0.1, -0.05) is 5.11 Å². The first-order valence-corrected chi connectivity index (χ1v) is 7.17. The van der Waals surface area contributed by atoms with Crippen LogP contribution in [0.5, 0.6) is 5.75 Å². The molecule has 24 heavy (non-hydrogen) atoms. The van der Waals surface area contributed by atoms with Gasteiger partial charge in [-0.05, 0) is 43.6 Å². The highest BCUT2D eigenvalue weighted by molar-refractivity contribution is 5.99. The Morgan fingerprint density at radius 2 is 1.62 bits per heavy atom. The summed E-state index contributed by atoms with van der Waals surface area (Å²) in [6.45, 7) is 3.08. The first kappa shape index (κ1) is 19.0. The zero-order valence-electron chi connectivity index (χ0n) is 13.3. The fourth-order valence-electron chi connectivity index (χ4n) is 1.67. The summed E-state index contributed by atoms with van der Waals surface area (Å²) >= 11 is 0. The molecule has 1 aromatic carbocycles. The van der Waals surface area contributed by atoms with Gasteiger partial charge in [0.05, 0.1) is 19.8 Å². The summed E-state index contributed by atoms with van der Waals surface area (Å²) in [7, 11) is 0. The topological polar surface area (TPSA) is 128 Å². The van der Waals surface area contributed by atoms with Crippen molar-refractivity contribution in [3.63, 3.8) is 0 Å². The zero-order valence-corrected chi connectivity index (χ0v) is 13.3. The summed E-state index contributed by atoms with van der Waals surface area (Å²) in [6.07, 6.45) is -1.55. The van der Waals surface area contributed by atoms with Crippen LogP contribution in [0.3, 0.4) is 0 Å². The highest BCUT2D eigenvalue weighted by atomic mass is 16.6. The third-order valence-corrected chi connectivity index (χ3v) is 2.71. The Labute approximate surface area is 138 Å². The molecular formula is C15H17N3O6. The van der Waals surface area contributed by atoms with E-state index in [0.29, 0.717) is 5.56 Å². The van der Waals surface area contributed by atoms with Crippen LogP contribution in [0.2, 0.25) is 0 Å². The second-order valence-corrected chi connectivity index (χ2v) is 4.34. The number of benzene rings is 1. The van der Waals surface area contributed by atoms with Crippen molar-refractivity contribution < 1.29 is 28.6 Å². The molecule has 1 rings (SSSR count). The normalized spacial score (nSPS) is 9.79. The third-order valence-electron chi connectivity index (χ3n) is 2.71. The number of esters is 2. The monoisotopic (exact) mass is 335 g/mol. The number of nitrogens with zero attached hydrogens (tertiary/aromatic N) is 3. The molecule has 0 unspecified atom stereocenters. The molecule has 0 saturated heterocycles. The van der Waals surface area contributed by atoms with Crippen molar-refractivity contribution >= 4 is 17.7 Å². The lowest BCUT2D eigenvalue weighted by molar-refractivity contribution is -0.166. The Balaban J connectivity index is 2.86. The van der Waals surface area contributed by atoms with E-state index in [1.54, 1.807) is 13.8 Å². The predicted molar refractivity (Wildman–Crippen MR) is 82.5 cm³/mol. The maximum Gasteiger partial charge on any atom is 0.359 e. The van der Waals surface area contributed by atoms with E-state index in [4.69, 9.17) is 19.7 Å². The van der Waals surface area contributed by atoms with Gasteiger partial charge in [0.25, 0.3) is 6.10 Å². The van der Waals surface area contributed by atoms with Gasteiger partial charge >= 0.3 is 11.9 Å². The van der Waals surface area contributed by atoms with E-state index < -0.39 is 18.0 Å². The Kier molecular flexibility index (Phi) is 7.80. The molecule has 0 spiro atoms. The molecule has 0 atom stereocenters. The summed E-state index contributed by atoms with van der Waals surface area (Å²) < 4.78 is 14.9. The molecule has 0 radical (unpaired) electrons. The van der Waals surface area contributed by atoms with Gasteiger partial charge in [-0.3, -0.25) is 4.79 Å². The van der Waals surface area contributed by atoms with Gasteiger partial charge < -0.3 is 14.2 Å². The van der Waals surface area contributed by atoms with E-state index in [2.05, 4.69) is 10.0 Å². The first-order valence-electron chi connectivity index (χ1n) is 7.17. The first-order chi connectivity index (χ1) is 11.5. The fourth-order valence-corrected chi connectivity index (χ4v) is 1.67. The highest BCUT2D eigenvalue weighted by Crippen LogP contribution is 2.16. The average Bonchev–Trinajstić information content (AvgIpc) is 2.58. The van der Waals surface area contributed by atoms with Gasteiger partial charge in [0.2, 0.25) is 0 Å². The number of hydrogen-bond donors (Lipinski definition) is 0. The molecule has 0 heterocycles. The number of hydrogen-bond acceptors (Lipinski definition) is 7. The number of ether oxygens (including phenoxy) is 3. The molecule has 0 fully saturated rings. The van der Waals surface area contributed by atoms with Crippen LogP contribution < -0.4 is 4.74 Å². The third kappa shape index (κ3) is 5.62. The van der Waals surface area contributed by atoms with Gasteiger partial charge in [-0.2, -0.15) is 0 Å². The van der Waals surface area contributed by atoms with Gasteiger partial charge in [0.15, 0.2) is 5.78 Å². The van der Waals surface area contributed by atoms with Gasteiger partial charge in [0, 0.05) is 10.5 Å². The van der Waals surface area contributed by atoms with Crippen LogP contribution in [0.4, 0.5) is 0 Å². The van der Waals surface area contributed by atoms with Crippen molar-refractivity contribution in [1.29, 1.82) is 0 Å². The second-order valence-electron chi connectivity index (χ2n) is 4.34. The number of ketones is 1. The Morgan fingerprint density at radius 3 is 2.08 bits per heavy atom. The van der Waals surface area contributed by atoms with Crippen LogP contribution in [0.1, 0.15) is 24.2 Å². The van der Waals surface area contributed by atoms with Crippen LogP contribution in [0, 0.1) is 0 Å². The summed E-state index contributed by atoms with van der Waals surface area (Å²) in [5.74, 6) is -1.91. The molecule has 0 aliphatic rings. The summed E-state index contributed by atoms with van der Waals surface area (Å²) in [6, 6.07) is 5.68. The van der Waals surface area contributed by atoms with Gasteiger partial charge in [-0.15, -0.1) is 0 Å². The summed E-state index contributed by atoms with van der Waals surface area (Å²) in [5, 5.41) is 3.18. The molecule has 0 aromatic heterocycles. The Hall–Kier alpha value is -3.06. The second kappa shape index (κ2) is 9.86. The molecule has 0 N–H and O–H groups in total. The molecule has 1 aromatic rings. The summed E-state index contributed by atoms with van der Waals surface area (Å²) in [4.78, 5) is 37.8. The number of carbonyl (C=O) groups is 3. The van der Waals surface area contributed by atoms with E-state index in [1.165, 1.54) is 24.3 Å². The fraction of sp³-hybridized carbons (Fsp3) is 0.400. The van der Waals surface area contributed by atoms with Crippen LogP contribution in [-0.2, 0) is 19.1 Å². The van der Waals surface area contributed by atoms with Crippen LogP contribution in [-0.4, -0.2) is 43.6 Å². The van der Waals surface area contributed by atoms with Crippen molar-refractivity contribution in [3.05, 3.63) is 40.3 Å². The Bertz CT molecular complexity index is 619. The van der Waals surface area contributed by atoms with E-state index in [1.807, 2.05) is 0 Å². The van der Waals surface area contributed by atoms with Crippen LogP contribution >= 0.6 is 0 Å². The minimum Gasteiger partial charge on any atom is -0.467 e. The molecule has 9 nitrogen and oxygen atoms in total. The van der Waals surface area contributed by atoms with Crippen LogP contribution in [0.15, 0.2) is 29.4 Å². The van der Waals surface area contributed by atoms with Crippen molar-refractivity contribution in [3.8, 4) is 5.75 Å². The van der Waals surface area contributed by atoms with Gasteiger partial charge in [0.1, 0.15) is 5.75 Å². The predicted octanol–water partition coefficient (Wildman–Crippen LogP) is 2.05. The number of carbonyl (C=O) groups excluding carboxylic acids is 3. The maximum atomic E-state index is 11.8. The van der Waals surface area contributed by atoms with Crippen molar-refractivity contribution in [1.82, 2.24) is 0 Å². The lowest BCUT2D eigenvalue weighted by Gasteiger charge is -2.16. The standard InChI is InChI=1S/C15H17N3O6/c1-3-22-14(20)13(15(21)23-4-2)24-11-7-5-10(6-8-11)12(19)9-17-18-16/h5-8,13H,3-4,9H2,1-2H3. The van der Waals surface area contributed by atoms with Gasteiger partial charge in [-0.25, -0.2) is 9.59 Å². The number of rotatable bonds is 9. The van der Waals surface area contributed by atoms with E-state index in [9.17, 15) is 14.4 Å². The number of azide groups is 1. The molecule has 128 valence electrons. The molecule has 0 bridgehead atoms. The maximum absolute atomic E-state index is 11.8. The van der Waals surface area contributed by atoms with E-state index >= 15 is 0 Å². The summed E-state index contributed by atoms with van der Waals surface area (Å²) in [5.41, 5.74) is 8.50. The average molecular weight is 335 g/mol. The van der Waals surface area contributed by atoms with E-state index in [0.717, 1.165) is 0 Å². The SMILES string of the molecule is CCOC(=O)C(Oc1ccc(C(=O)CN=[N+]=[N-])cc1)C(=O)OCC. The lowest BCUT2D eigenvalue weighted by atomic mass is 10.1. The molecule has 9 heteroatoms. The largest absolute Gasteiger partial charge is 0.467 e. The quantitative estimate of drug-likeness (QED) is 0.170. The molecule has 0 aliphatic heterocycles. The molecule has 0 aliphatic carbocycles. The number of Topliss-reactive ketones (excluding diaryl/α,β-unsaturated/α-hetero) is 1.